The zero-order valence-electron chi connectivity index (χ0n) is 19.2. The van der Waals surface area contributed by atoms with Crippen molar-refractivity contribution in [3.8, 4) is 11.1 Å². The number of ether oxygens (including phenoxy) is 1. The molecule has 176 valence electrons. The Labute approximate surface area is 213 Å². The van der Waals surface area contributed by atoms with Crippen LogP contribution in [0, 0.1) is 5.92 Å². The van der Waals surface area contributed by atoms with Gasteiger partial charge in [-0.1, -0.05) is 48.5 Å². The Morgan fingerprint density at radius 2 is 1.94 bits per heavy atom. The third-order valence-corrected chi connectivity index (χ3v) is 5.68. The first-order valence-electron chi connectivity index (χ1n) is 11.5. The minimum Gasteiger partial charge on any atom is -0.381 e. The van der Waals surface area contributed by atoms with Crippen LogP contribution in [0.5, 0.6) is 0 Å². The van der Waals surface area contributed by atoms with Crippen LogP contribution in [0.3, 0.4) is 0 Å². The molecule has 0 spiro atoms. The average Bonchev–Trinajstić information content (AvgIpc) is 3.52. The van der Waals surface area contributed by atoms with Crippen molar-refractivity contribution in [1.82, 2.24) is 20.2 Å². The number of hydrogen-bond donors (Lipinski definition) is 2. The lowest BCUT2D eigenvalue weighted by Crippen LogP contribution is -2.37. The molecule has 2 aromatic carbocycles. The van der Waals surface area contributed by atoms with Crippen LogP contribution in [0.25, 0.3) is 11.1 Å². The fourth-order valence-electron chi connectivity index (χ4n) is 3.65. The van der Waals surface area contributed by atoms with Crippen LogP contribution in [-0.2, 0) is 17.8 Å². The number of nitrogens with one attached hydrogen (secondary N) is 2. The molecule has 1 saturated carbocycles. The molecule has 0 amide bonds. The van der Waals surface area contributed by atoms with Gasteiger partial charge in [0.05, 0.1) is 6.33 Å². The molecule has 0 bridgehead atoms. The summed E-state index contributed by atoms with van der Waals surface area (Å²) in [6, 6.07) is 17.3. The molecular formula is C26H34IN5O. The second kappa shape index (κ2) is 13.3. The van der Waals surface area contributed by atoms with Crippen molar-refractivity contribution in [3.05, 3.63) is 78.4 Å². The molecule has 4 rings (SSSR count). The van der Waals surface area contributed by atoms with Crippen molar-refractivity contribution < 1.29 is 4.74 Å². The van der Waals surface area contributed by atoms with Crippen LogP contribution in [0.15, 0.2) is 72.2 Å². The second-order valence-corrected chi connectivity index (χ2v) is 8.31. The summed E-state index contributed by atoms with van der Waals surface area (Å²) in [5.74, 6) is 1.64. The molecule has 3 aromatic rings. The lowest BCUT2D eigenvalue weighted by atomic mass is 9.98. The predicted molar refractivity (Wildman–Crippen MR) is 145 cm³/mol. The third kappa shape index (κ3) is 8.16. The normalized spacial score (nSPS) is 13.4. The van der Waals surface area contributed by atoms with Gasteiger partial charge in [-0.3, -0.25) is 4.99 Å². The molecule has 2 N–H and O–H groups in total. The van der Waals surface area contributed by atoms with E-state index in [1.54, 1.807) is 0 Å². The van der Waals surface area contributed by atoms with Gasteiger partial charge in [-0.05, 0) is 47.4 Å². The number of rotatable bonds is 11. The highest BCUT2D eigenvalue weighted by Crippen LogP contribution is 2.28. The van der Waals surface area contributed by atoms with Gasteiger partial charge in [-0.15, -0.1) is 24.0 Å². The van der Waals surface area contributed by atoms with Gasteiger partial charge in [0.15, 0.2) is 5.96 Å². The Balaban J connectivity index is 0.00000306. The second-order valence-electron chi connectivity index (χ2n) is 8.31. The molecule has 0 saturated heterocycles. The number of hydrogen-bond acceptors (Lipinski definition) is 3. The van der Waals surface area contributed by atoms with Gasteiger partial charge < -0.3 is 19.9 Å². The van der Waals surface area contributed by atoms with Crippen LogP contribution in [0.1, 0.15) is 30.4 Å². The van der Waals surface area contributed by atoms with Gasteiger partial charge in [0.1, 0.15) is 0 Å². The number of nitrogens with zero attached hydrogens (tertiary/aromatic N) is 3. The van der Waals surface area contributed by atoms with E-state index in [2.05, 4.69) is 73.7 Å². The van der Waals surface area contributed by atoms with E-state index in [-0.39, 0.29) is 24.0 Å². The molecule has 0 unspecified atom stereocenters. The molecule has 0 atom stereocenters. The molecule has 1 heterocycles. The van der Waals surface area contributed by atoms with Crippen molar-refractivity contribution in [1.29, 1.82) is 0 Å². The molecule has 1 aliphatic carbocycles. The quantitative estimate of drug-likeness (QED) is 0.155. The summed E-state index contributed by atoms with van der Waals surface area (Å²) in [7, 11) is 1.81. The zero-order valence-corrected chi connectivity index (χ0v) is 21.6. The maximum atomic E-state index is 5.70. The first kappa shape index (κ1) is 25.2. The summed E-state index contributed by atoms with van der Waals surface area (Å²) in [5.41, 5.74) is 4.95. The zero-order chi connectivity index (χ0) is 22.0. The fourth-order valence-corrected chi connectivity index (χ4v) is 3.65. The monoisotopic (exact) mass is 559 g/mol. The Bertz CT molecular complexity index is 984. The summed E-state index contributed by atoms with van der Waals surface area (Å²) >= 11 is 0. The summed E-state index contributed by atoms with van der Waals surface area (Å²) in [4.78, 5) is 8.47. The van der Waals surface area contributed by atoms with Crippen molar-refractivity contribution in [2.24, 2.45) is 10.9 Å². The minimum atomic E-state index is 0. The van der Waals surface area contributed by atoms with Crippen LogP contribution >= 0.6 is 24.0 Å². The van der Waals surface area contributed by atoms with Gasteiger partial charge in [-0.2, -0.15) is 0 Å². The van der Waals surface area contributed by atoms with E-state index in [0.717, 1.165) is 44.6 Å². The van der Waals surface area contributed by atoms with Gasteiger partial charge in [0, 0.05) is 52.3 Å². The van der Waals surface area contributed by atoms with E-state index >= 15 is 0 Å². The molecular weight excluding hydrogens is 525 g/mol. The number of aromatic nitrogens is 2. The first-order valence-corrected chi connectivity index (χ1v) is 11.5. The maximum absolute atomic E-state index is 5.70. The predicted octanol–water partition coefficient (Wildman–Crippen LogP) is 4.70. The molecule has 6 nitrogen and oxygen atoms in total. The van der Waals surface area contributed by atoms with Crippen LogP contribution < -0.4 is 10.6 Å². The van der Waals surface area contributed by atoms with E-state index in [9.17, 15) is 0 Å². The number of halogens is 1. The van der Waals surface area contributed by atoms with Gasteiger partial charge in [0.2, 0.25) is 0 Å². The standard InChI is InChI=1S/C26H33N5O.HI/c1-27-26(29-13-4-16-32-19-22-7-8-22)30-17-24-5-2-3-6-25(24)23-11-9-21(10-12-23)18-31-15-14-28-20-31;/h2-3,5-6,9-12,14-15,20,22H,4,7-8,13,16-19H2,1H3,(H2,27,29,30);1H. The molecule has 33 heavy (non-hydrogen) atoms. The molecule has 0 aliphatic heterocycles. The highest BCUT2D eigenvalue weighted by atomic mass is 127. The van der Waals surface area contributed by atoms with Crippen molar-refractivity contribution >= 4 is 29.9 Å². The molecule has 1 aliphatic rings. The van der Waals surface area contributed by atoms with Crippen molar-refractivity contribution in [2.75, 3.05) is 26.8 Å². The van der Waals surface area contributed by atoms with E-state index in [1.807, 2.05) is 25.8 Å². The number of aliphatic imine (C=N–C) groups is 1. The smallest absolute Gasteiger partial charge is 0.191 e. The van der Waals surface area contributed by atoms with E-state index in [0.29, 0.717) is 6.54 Å². The molecule has 1 fully saturated rings. The average molecular weight is 559 g/mol. The molecule has 0 radical (unpaired) electrons. The summed E-state index contributed by atoms with van der Waals surface area (Å²) < 4.78 is 7.77. The number of imidazole rings is 1. The summed E-state index contributed by atoms with van der Waals surface area (Å²) in [5, 5.41) is 6.83. The summed E-state index contributed by atoms with van der Waals surface area (Å²) in [6.45, 7) is 4.13. The minimum absolute atomic E-state index is 0. The van der Waals surface area contributed by atoms with Gasteiger partial charge in [0.25, 0.3) is 0 Å². The van der Waals surface area contributed by atoms with E-state index in [1.165, 1.54) is 35.1 Å². The Morgan fingerprint density at radius 1 is 1.12 bits per heavy atom. The lowest BCUT2D eigenvalue weighted by molar-refractivity contribution is 0.123. The van der Waals surface area contributed by atoms with Crippen molar-refractivity contribution in [2.45, 2.75) is 32.4 Å². The maximum Gasteiger partial charge on any atom is 0.191 e. The van der Waals surface area contributed by atoms with Crippen LogP contribution in [0.2, 0.25) is 0 Å². The third-order valence-electron chi connectivity index (χ3n) is 5.68. The lowest BCUT2D eigenvalue weighted by Gasteiger charge is -2.15. The van der Waals surface area contributed by atoms with Crippen LogP contribution in [-0.4, -0.2) is 42.3 Å². The van der Waals surface area contributed by atoms with E-state index in [4.69, 9.17) is 4.74 Å². The Kier molecular flexibility index (Phi) is 10.2. The first-order chi connectivity index (χ1) is 15.8. The highest BCUT2D eigenvalue weighted by molar-refractivity contribution is 14.0. The Hall–Kier alpha value is -2.39. The van der Waals surface area contributed by atoms with Crippen LogP contribution in [0.4, 0.5) is 0 Å². The van der Waals surface area contributed by atoms with Gasteiger partial charge >= 0.3 is 0 Å². The van der Waals surface area contributed by atoms with Gasteiger partial charge in [-0.25, -0.2) is 4.98 Å². The number of guanidine groups is 1. The SMILES string of the molecule is CN=C(NCCCOCC1CC1)NCc1ccccc1-c1ccc(Cn2ccnc2)cc1.I. The van der Waals surface area contributed by atoms with E-state index < -0.39 is 0 Å². The Morgan fingerprint density at radius 3 is 2.67 bits per heavy atom. The van der Waals surface area contributed by atoms with Crippen molar-refractivity contribution in [3.63, 3.8) is 0 Å². The largest absolute Gasteiger partial charge is 0.381 e. The number of benzene rings is 2. The fraction of sp³-hybridized carbons (Fsp3) is 0.385. The highest BCUT2D eigenvalue weighted by Gasteiger charge is 2.20. The molecule has 1 aromatic heterocycles. The molecule has 7 heteroatoms. The topological polar surface area (TPSA) is 63.5 Å². The summed E-state index contributed by atoms with van der Waals surface area (Å²) in [6.07, 6.45) is 9.30.